The van der Waals surface area contributed by atoms with Gasteiger partial charge < -0.3 is 31.7 Å². The van der Waals surface area contributed by atoms with Crippen LogP contribution in [0.2, 0.25) is 5.15 Å². The van der Waals surface area contributed by atoms with E-state index in [1.165, 1.54) is 0 Å². The van der Waals surface area contributed by atoms with Gasteiger partial charge in [-0.15, -0.1) is 0 Å². The zero-order chi connectivity index (χ0) is 35.5. The zero-order valence-corrected chi connectivity index (χ0v) is 28.3. The summed E-state index contributed by atoms with van der Waals surface area (Å²) in [4.78, 5) is 33.6. The van der Waals surface area contributed by atoms with E-state index in [0.29, 0.717) is 31.4 Å². The Morgan fingerprint density at radius 2 is 1.48 bits per heavy atom. The monoisotopic (exact) mass is 711 g/mol. The van der Waals surface area contributed by atoms with Gasteiger partial charge in [-0.1, -0.05) is 23.7 Å². The Labute approximate surface area is 273 Å². The van der Waals surface area contributed by atoms with Crippen molar-refractivity contribution >= 4 is 61.2 Å². The number of guanidine groups is 1. The van der Waals surface area contributed by atoms with Gasteiger partial charge in [-0.05, 0) is 64.0 Å². The topological polar surface area (TPSA) is 293 Å². The number of hydrogen-bond acceptors (Lipinski definition) is 13. The summed E-state index contributed by atoms with van der Waals surface area (Å²) >= 11 is 5.77. The van der Waals surface area contributed by atoms with Gasteiger partial charge in [0.1, 0.15) is 5.75 Å². The molecule has 18 nitrogen and oxygen atoms in total. The second-order valence-electron chi connectivity index (χ2n) is 9.75. The molecule has 0 atom stereocenters. The van der Waals surface area contributed by atoms with Gasteiger partial charge in [0.25, 0.3) is 32.1 Å². The van der Waals surface area contributed by atoms with E-state index < -0.39 is 26.1 Å². The van der Waals surface area contributed by atoms with Crippen molar-refractivity contribution in [3.05, 3.63) is 40.7 Å². The minimum atomic E-state index is -3.67. The van der Waals surface area contributed by atoms with Gasteiger partial charge in [0.05, 0.1) is 12.5 Å². The number of nitrogens with zero attached hydrogens (tertiary/aromatic N) is 3. The van der Waals surface area contributed by atoms with Crippen molar-refractivity contribution < 1.29 is 40.3 Å². The summed E-state index contributed by atoms with van der Waals surface area (Å²) < 4.78 is 57.3. The third-order valence-corrected chi connectivity index (χ3v) is 5.23. The molecular formula is C25H42ClN9O9S2. The highest BCUT2D eigenvalue weighted by Crippen LogP contribution is 2.17. The fraction of sp³-hybridized carbons (Fsp3) is 0.480. The zero-order valence-electron chi connectivity index (χ0n) is 25.9. The maximum Gasteiger partial charge on any atom is 0.280 e. The molecule has 0 radical (unpaired) electrons. The molecule has 2 rings (SSSR count). The first-order valence-corrected chi connectivity index (χ1v) is 17.4. The lowest BCUT2D eigenvalue weighted by Crippen LogP contribution is -2.41. The Hall–Kier alpha value is -3.82. The fourth-order valence-electron chi connectivity index (χ4n) is 3.07. The molecule has 0 saturated heterocycles. The van der Waals surface area contributed by atoms with Crippen molar-refractivity contribution in [2.45, 2.75) is 25.7 Å². The summed E-state index contributed by atoms with van der Waals surface area (Å²) in [5.74, 6) is -0.630. The van der Waals surface area contributed by atoms with Crippen molar-refractivity contribution in [1.29, 1.82) is 5.41 Å². The van der Waals surface area contributed by atoms with E-state index in [2.05, 4.69) is 30.8 Å². The van der Waals surface area contributed by atoms with Crippen LogP contribution in [0.4, 0.5) is 11.6 Å². The molecule has 21 heteroatoms. The van der Waals surface area contributed by atoms with Gasteiger partial charge in [0.15, 0.2) is 35.0 Å². The van der Waals surface area contributed by atoms with Crippen LogP contribution >= 0.6 is 11.6 Å². The van der Waals surface area contributed by atoms with Crippen LogP contribution in [0.15, 0.2) is 24.3 Å². The smallest absolute Gasteiger partial charge is 0.280 e. The van der Waals surface area contributed by atoms with E-state index in [1.807, 2.05) is 38.4 Å². The van der Waals surface area contributed by atoms with Crippen LogP contribution in [-0.2, 0) is 31.5 Å². The summed E-state index contributed by atoms with van der Waals surface area (Å²) in [5.41, 5.74) is 12.1. The molecule has 46 heavy (non-hydrogen) atoms. The molecule has 0 aliphatic heterocycles. The molecule has 260 valence electrons. The maximum absolute atomic E-state index is 12.2. The van der Waals surface area contributed by atoms with E-state index >= 15 is 0 Å². The van der Waals surface area contributed by atoms with Crippen molar-refractivity contribution in [3.8, 4) is 5.75 Å². The summed E-state index contributed by atoms with van der Waals surface area (Å²) in [6, 6.07) is 7.61. The second kappa shape index (κ2) is 21.1. The number of ether oxygens (including phenoxy) is 1. The van der Waals surface area contributed by atoms with Crippen molar-refractivity contribution in [2.75, 3.05) is 64.3 Å². The summed E-state index contributed by atoms with van der Waals surface area (Å²) in [6.07, 6.45) is 4.81. The lowest BCUT2D eigenvalue weighted by molar-refractivity contribution is -0.123. The second-order valence-corrected chi connectivity index (χ2v) is 13.0. The molecule has 0 fully saturated rings. The van der Waals surface area contributed by atoms with E-state index in [4.69, 9.17) is 42.3 Å². The van der Waals surface area contributed by atoms with Crippen molar-refractivity contribution in [1.82, 2.24) is 30.8 Å². The number of amides is 2. The number of carbonyl (C=O) groups is 2. The summed E-state index contributed by atoms with van der Waals surface area (Å²) in [7, 11) is -3.34. The number of nitrogen functional groups attached to an aromatic ring is 2. The maximum atomic E-state index is 12.2. The molecule has 0 saturated carbocycles. The van der Waals surface area contributed by atoms with E-state index in [0.717, 1.165) is 37.8 Å². The van der Waals surface area contributed by atoms with Crippen LogP contribution < -0.4 is 32.2 Å². The quantitative estimate of drug-likeness (QED) is 0.0588. The van der Waals surface area contributed by atoms with Gasteiger partial charge in [0, 0.05) is 13.1 Å². The molecule has 10 N–H and O–H groups in total. The summed E-state index contributed by atoms with van der Waals surface area (Å²) in [6.45, 7) is 2.03. The molecule has 1 aromatic carbocycles. The number of nitrogens with two attached hydrogens (primary N) is 2. The average Bonchev–Trinajstić information content (AvgIpc) is 2.90. The highest BCUT2D eigenvalue weighted by atomic mass is 35.5. The average molecular weight is 712 g/mol. The first-order chi connectivity index (χ1) is 21.2. The molecule has 0 spiro atoms. The van der Waals surface area contributed by atoms with E-state index in [-0.39, 0.29) is 41.0 Å². The largest absolute Gasteiger partial charge is 0.484 e. The van der Waals surface area contributed by atoms with E-state index in [9.17, 15) is 26.4 Å². The Bertz CT molecular complexity index is 1450. The molecule has 0 bridgehead atoms. The Kier molecular flexibility index (Phi) is 19.3. The Morgan fingerprint density at radius 1 is 0.935 bits per heavy atom. The number of aromatic nitrogens is 2. The number of rotatable bonds is 13. The number of unbranched alkanes of at least 4 members (excludes halogenated alkanes) is 1. The highest BCUT2D eigenvalue weighted by molar-refractivity contribution is 7.85. The predicted molar refractivity (Wildman–Crippen MR) is 175 cm³/mol. The van der Waals surface area contributed by atoms with Crippen LogP contribution in [0.1, 0.15) is 35.3 Å². The fourth-order valence-corrected chi connectivity index (χ4v) is 3.20. The van der Waals surface area contributed by atoms with Gasteiger partial charge in [0.2, 0.25) is 0 Å². The first-order valence-electron chi connectivity index (χ1n) is 13.4. The van der Waals surface area contributed by atoms with Crippen LogP contribution in [0, 0.1) is 5.41 Å². The third kappa shape index (κ3) is 24.5. The minimum absolute atomic E-state index is 0.0139. The third-order valence-electron chi connectivity index (χ3n) is 4.95. The molecule has 1 aromatic heterocycles. The number of halogens is 1. The number of hydrogen-bond donors (Lipinski definition) is 8. The van der Waals surface area contributed by atoms with Gasteiger partial charge in [-0.2, -0.15) is 16.8 Å². The lowest BCUT2D eigenvalue weighted by Gasteiger charge is -2.11. The van der Waals surface area contributed by atoms with Crippen LogP contribution in [0.3, 0.4) is 0 Å². The summed E-state index contributed by atoms with van der Waals surface area (Å²) in [5, 5.41) is 15.7. The standard InChI is InChI=1S/C23H34ClN9O3.2CH4O3S/c1-33(2)13-5-12-28-17(34)14-36-16-9-7-15(8-10-16)6-3-4-11-29-23(27)32-22(35)18-20(25)31-21(26)19(24)30-18;2*1-5(2,3)4/h7-10H,3-6,11-14H2,1-2H3,(H,28,34)(H4,25,26,31)(H3,27,29,32,35);2*1H3,(H,2,3,4). The lowest BCUT2D eigenvalue weighted by atomic mass is 10.1. The predicted octanol–water partition coefficient (Wildman–Crippen LogP) is 0.0262. The molecule has 2 aromatic rings. The molecule has 1 heterocycles. The number of carbonyl (C=O) groups excluding carboxylic acids is 2. The van der Waals surface area contributed by atoms with Crippen LogP contribution in [0.25, 0.3) is 0 Å². The van der Waals surface area contributed by atoms with Gasteiger partial charge >= 0.3 is 0 Å². The number of nitrogens with one attached hydrogen (secondary N) is 4. The van der Waals surface area contributed by atoms with Crippen LogP contribution in [-0.4, -0.2) is 111 Å². The Morgan fingerprint density at radius 3 is 2.02 bits per heavy atom. The van der Waals surface area contributed by atoms with E-state index in [1.54, 1.807) is 0 Å². The van der Waals surface area contributed by atoms with Gasteiger partial charge in [-0.25, -0.2) is 9.97 Å². The number of benzene rings is 1. The highest BCUT2D eigenvalue weighted by Gasteiger charge is 2.17. The molecular weight excluding hydrogens is 670 g/mol. The minimum Gasteiger partial charge on any atom is -0.484 e. The molecule has 0 aliphatic rings. The van der Waals surface area contributed by atoms with Crippen molar-refractivity contribution in [3.63, 3.8) is 0 Å². The molecule has 0 aliphatic carbocycles. The Balaban J connectivity index is 0.00000175. The number of anilines is 2. The molecule has 0 unspecified atom stereocenters. The SMILES string of the molecule is CN(C)CCCNC(=O)COc1ccc(CCCCNC(=N)NC(=O)c2nc(Cl)c(N)nc2N)cc1.CS(=O)(=O)O.CS(=O)(=O)O. The molecule has 2 amide bonds. The van der Waals surface area contributed by atoms with Crippen molar-refractivity contribution in [2.24, 2.45) is 0 Å². The van der Waals surface area contributed by atoms with Crippen LogP contribution in [0.5, 0.6) is 5.75 Å². The van der Waals surface area contributed by atoms with Gasteiger partial charge in [-0.3, -0.25) is 29.4 Å². The normalized spacial score (nSPS) is 10.9. The number of aryl methyl sites for hydroxylation is 1. The first kappa shape index (κ1) is 42.2.